The SMILES string of the molecule is O=c1cc(CNCCCC2CC2)nc2ccccn12. The third kappa shape index (κ3) is 3.20. The average molecular weight is 257 g/mol. The average Bonchev–Trinajstić information content (AvgIpc) is 3.23. The fourth-order valence-corrected chi connectivity index (χ4v) is 2.33. The van der Waals surface area contributed by atoms with Crippen molar-refractivity contribution in [3.05, 3.63) is 46.5 Å². The predicted molar refractivity (Wildman–Crippen MR) is 75.1 cm³/mol. The van der Waals surface area contributed by atoms with Crippen LogP contribution in [0.4, 0.5) is 0 Å². The summed E-state index contributed by atoms with van der Waals surface area (Å²) < 4.78 is 1.57. The molecule has 1 fully saturated rings. The minimum Gasteiger partial charge on any atom is -0.311 e. The topological polar surface area (TPSA) is 46.4 Å². The molecule has 0 bridgehead atoms. The monoisotopic (exact) mass is 257 g/mol. The van der Waals surface area contributed by atoms with Crippen LogP contribution in [0.15, 0.2) is 35.3 Å². The Kier molecular flexibility index (Phi) is 3.60. The van der Waals surface area contributed by atoms with Gasteiger partial charge in [0.25, 0.3) is 5.56 Å². The zero-order chi connectivity index (χ0) is 13.1. The van der Waals surface area contributed by atoms with Crippen LogP contribution in [0.3, 0.4) is 0 Å². The Morgan fingerprint density at radius 3 is 3.11 bits per heavy atom. The lowest BCUT2D eigenvalue weighted by molar-refractivity contribution is 0.589. The van der Waals surface area contributed by atoms with Gasteiger partial charge >= 0.3 is 0 Å². The van der Waals surface area contributed by atoms with Crippen LogP contribution in [0.5, 0.6) is 0 Å². The number of nitrogens with zero attached hydrogens (tertiary/aromatic N) is 2. The first kappa shape index (κ1) is 12.4. The van der Waals surface area contributed by atoms with E-state index in [1.165, 1.54) is 25.7 Å². The maximum absolute atomic E-state index is 11.9. The van der Waals surface area contributed by atoms with Gasteiger partial charge in [0.05, 0.1) is 5.69 Å². The van der Waals surface area contributed by atoms with Gasteiger partial charge in [-0.1, -0.05) is 18.9 Å². The number of nitrogens with one attached hydrogen (secondary N) is 1. The van der Waals surface area contributed by atoms with Crippen molar-refractivity contribution in [2.75, 3.05) is 6.54 Å². The number of fused-ring (bicyclic) bond motifs is 1. The summed E-state index contributed by atoms with van der Waals surface area (Å²) in [5.74, 6) is 0.991. The summed E-state index contributed by atoms with van der Waals surface area (Å²) in [4.78, 5) is 16.4. The molecule has 0 unspecified atom stereocenters. The highest BCUT2D eigenvalue weighted by Crippen LogP contribution is 2.33. The Morgan fingerprint density at radius 2 is 2.26 bits per heavy atom. The number of aromatic nitrogens is 2. The molecule has 19 heavy (non-hydrogen) atoms. The third-order valence-corrected chi connectivity index (χ3v) is 3.59. The van der Waals surface area contributed by atoms with Gasteiger partial charge in [-0.25, -0.2) is 4.98 Å². The maximum atomic E-state index is 11.9. The van der Waals surface area contributed by atoms with E-state index in [0.717, 1.165) is 18.2 Å². The lowest BCUT2D eigenvalue weighted by Crippen LogP contribution is -2.20. The second kappa shape index (κ2) is 5.53. The van der Waals surface area contributed by atoms with Gasteiger partial charge in [-0.2, -0.15) is 0 Å². The largest absolute Gasteiger partial charge is 0.311 e. The summed E-state index contributed by atoms with van der Waals surface area (Å²) in [6.45, 7) is 1.68. The van der Waals surface area contributed by atoms with E-state index >= 15 is 0 Å². The first-order valence-electron chi connectivity index (χ1n) is 7.01. The smallest absolute Gasteiger partial charge is 0.258 e. The van der Waals surface area contributed by atoms with Gasteiger partial charge in [-0.05, 0) is 37.4 Å². The molecule has 4 heteroatoms. The maximum Gasteiger partial charge on any atom is 0.258 e. The fraction of sp³-hybridized carbons (Fsp3) is 0.467. The molecule has 0 atom stereocenters. The molecule has 0 radical (unpaired) electrons. The van der Waals surface area contributed by atoms with Crippen molar-refractivity contribution in [2.24, 2.45) is 5.92 Å². The normalized spacial score (nSPS) is 14.9. The van der Waals surface area contributed by atoms with Gasteiger partial charge in [0.1, 0.15) is 5.65 Å². The minimum absolute atomic E-state index is 0.0135. The summed E-state index contributed by atoms with van der Waals surface area (Å²) in [6, 6.07) is 7.21. The van der Waals surface area contributed by atoms with Gasteiger partial charge in [-0.15, -0.1) is 0 Å². The number of pyridine rings is 1. The van der Waals surface area contributed by atoms with Crippen LogP contribution in [0, 0.1) is 5.92 Å². The van der Waals surface area contributed by atoms with E-state index < -0.39 is 0 Å². The summed E-state index contributed by atoms with van der Waals surface area (Å²) in [6.07, 6.45) is 7.14. The number of hydrogen-bond acceptors (Lipinski definition) is 3. The van der Waals surface area contributed by atoms with Crippen LogP contribution >= 0.6 is 0 Å². The Morgan fingerprint density at radius 1 is 1.37 bits per heavy atom. The second-order valence-corrected chi connectivity index (χ2v) is 5.28. The molecular formula is C15H19N3O. The molecule has 1 aliphatic carbocycles. The van der Waals surface area contributed by atoms with Gasteiger partial charge in [0, 0.05) is 18.8 Å². The van der Waals surface area contributed by atoms with E-state index in [-0.39, 0.29) is 5.56 Å². The van der Waals surface area contributed by atoms with Crippen molar-refractivity contribution in [2.45, 2.75) is 32.2 Å². The quantitative estimate of drug-likeness (QED) is 0.805. The Bertz CT molecular complexity index is 616. The zero-order valence-corrected chi connectivity index (χ0v) is 11.0. The molecule has 0 spiro atoms. The van der Waals surface area contributed by atoms with Crippen LogP contribution < -0.4 is 10.9 Å². The fourth-order valence-electron chi connectivity index (χ4n) is 2.33. The van der Waals surface area contributed by atoms with Crippen molar-refractivity contribution >= 4 is 5.65 Å². The first-order valence-corrected chi connectivity index (χ1v) is 7.01. The molecule has 1 saturated carbocycles. The van der Waals surface area contributed by atoms with Gasteiger partial charge in [0.2, 0.25) is 0 Å². The molecule has 1 aliphatic rings. The molecule has 0 amide bonds. The van der Waals surface area contributed by atoms with Crippen LogP contribution in [0.2, 0.25) is 0 Å². The molecular weight excluding hydrogens is 238 g/mol. The Labute approximate surface area is 112 Å². The lowest BCUT2D eigenvalue weighted by Gasteiger charge is -2.05. The Balaban J connectivity index is 1.59. The highest BCUT2D eigenvalue weighted by atomic mass is 16.1. The van der Waals surface area contributed by atoms with E-state index in [0.29, 0.717) is 12.2 Å². The van der Waals surface area contributed by atoms with E-state index in [1.54, 1.807) is 16.7 Å². The van der Waals surface area contributed by atoms with Gasteiger partial charge in [-0.3, -0.25) is 9.20 Å². The standard InChI is InChI=1S/C15H19N3O/c19-15-10-13(11-16-8-3-4-12-6-7-12)17-14-5-1-2-9-18(14)15/h1-2,5,9-10,12,16H,3-4,6-8,11H2. The summed E-state index contributed by atoms with van der Waals surface area (Å²) in [7, 11) is 0. The van der Waals surface area contributed by atoms with Crippen molar-refractivity contribution in [1.82, 2.24) is 14.7 Å². The first-order chi connectivity index (χ1) is 9.33. The molecule has 0 aromatic carbocycles. The van der Waals surface area contributed by atoms with Crippen molar-refractivity contribution in [1.29, 1.82) is 0 Å². The lowest BCUT2D eigenvalue weighted by atomic mass is 10.2. The Hall–Kier alpha value is -1.68. The van der Waals surface area contributed by atoms with Crippen molar-refractivity contribution in [3.63, 3.8) is 0 Å². The van der Waals surface area contributed by atoms with Gasteiger partial charge < -0.3 is 5.32 Å². The molecule has 2 aromatic rings. The van der Waals surface area contributed by atoms with Crippen LogP contribution in [-0.4, -0.2) is 15.9 Å². The summed E-state index contributed by atoms with van der Waals surface area (Å²) in [5, 5.41) is 3.37. The van der Waals surface area contributed by atoms with Crippen molar-refractivity contribution in [3.8, 4) is 0 Å². The predicted octanol–water partition coefficient (Wildman–Crippen LogP) is 1.97. The number of rotatable bonds is 6. The highest BCUT2D eigenvalue weighted by Gasteiger charge is 2.19. The molecule has 2 heterocycles. The number of hydrogen-bond donors (Lipinski definition) is 1. The van der Waals surface area contributed by atoms with E-state index in [2.05, 4.69) is 10.3 Å². The minimum atomic E-state index is -0.0135. The summed E-state index contributed by atoms with van der Waals surface area (Å²) >= 11 is 0. The van der Waals surface area contributed by atoms with E-state index in [1.807, 2.05) is 18.2 Å². The van der Waals surface area contributed by atoms with E-state index in [9.17, 15) is 4.79 Å². The molecule has 100 valence electrons. The van der Waals surface area contributed by atoms with E-state index in [4.69, 9.17) is 0 Å². The summed E-state index contributed by atoms with van der Waals surface area (Å²) in [5.41, 5.74) is 1.52. The molecule has 0 aliphatic heterocycles. The second-order valence-electron chi connectivity index (χ2n) is 5.28. The van der Waals surface area contributed by atoms with Crippen LogP contribution in [0.25, 0.3) is 5.65 Å². The van der Waals surface area contributed by atoms with Gasteiger partial charge in [0.15, 0.2) is 0 Å². The highest BCUT2D eigenvalue weighted by molar-refractivity contribution is 5.37. The van der Waals surface area contributed by atoms with Crippen LogP contribution in [0.1, 0.15) is 31.4 Å². The van der Waals surface area contributed by atoms with Crippen molar-refractivity contribution < 1.29 is 0 Å². The van der Waals surface area contributed by atoms with Crippen LogP contribution in [-0.2, 0) is 6.54 Å². The molecule has 0 saturated heterocycles. The third-order valence-electron chi connectivity index (χ3n) is 3.59. The molecule has 3 rings (SSSR count). The molecule has 2 aromatic heterocycles. The molecule has 4 nitrogen and oxygen atoms in total. The zero-order valence-electron chi connectivity index (χ0n) is 11.0. The molecule has 1 N–H and O–H groups in total.